The number of benzene rings is 9. The molecule has 0 bridgehead atoms. The van der Waals surface area contributed by atoms with E-state index in [0.717, 1.165) is 61.2 Å². The molecule has 258 valence electrons. The van der Waals surface area contributed by atoms with Crippen molar-refractivity contribution in [2.24, 2.45) is 0 Å². The number of para-hydroxylation sites is 3. The maximum Gasteiger partial charge on any atom is 0.143 e. The van der Waals surface area contributed by atoms with Crippen LogP contribution in [0.4, 0.5) is 17.1 Å². The summed E-state index contributed by atoms with van der Waals surface area (Å²) < 4.78 is 8.90. The van der Waals surface area contributed by atoms with Gasteiger partial charge in [-0.1, -0.05) is 140 Å². The first-order valence-corrected chi connectivity index (χ1v) is 18.8. The van der Waals surface area contributed by atoms with Crippen molar-refractivity contribution in [1.82, 2.24) is 4.57 Å². The lowest BCUT2D eigenvalue weighted by molar-refractivity contribution is 0.672. The predicted octanol–water partition coefficient (Wildman–Crippen LogP) is 14.6. The van der Waals surface area contributed by atoms with E-state index >= 15 is 0 Å². The van der Waals surface area contributed by atoms with Crippen LogP contribution in [0, 0.1) is 0 Å². The standard InChI is InChI=1S/C52H34N2O/c1-2-13-35(14-3-1)36-25-29-39(30-26-36)53(40-16-12-17-41(34-40)54-49-23-10-7-20-44(49)45-21-8-11-24-50(45)54)48-22-9-6-18-42(48)38-28-32-51-47(33-38)46-31-27-37-15-4-5-19-43(37)52(46)55-51/h1-34H. The molecule has 3 nitrogen and oxygen atoms in total. The molecule has 0 fully saturated rings. The molecule has 2 heterocycles. The van der Waals surface area contributed by atoms with Crippen LogP contribution >= 0.6 is 0 Å². The molecule has 0 aliphatic carbocycles. The van der Waals surface area contributed by atoms with Crippen LogP contribution in [0.25, 0.3) is 82.5 Å². The molecule has 0 saturated carbocycles. The first-order chi connectivity index (χ1) is 27.3. The highest BCUT2D eigenvalue weighted by Crippen LogP contribution is 2.44. The van der Waals surface area contributed by atoms with Crippen molar-refractivity contribution >= 4 is 71.6 Å². The molecule has 0 atom stereocenters. The molecule has 2 aromatic heterocycles. The van der Waals surface area contributed by atoms with Gasteiger partial charge >= 0.3 is 0 Å². The van der Waals surface area contributed by atoms with E-state index in [1.807, 2.05) is 0 Å². The minimum atomic E-state index is 0.889. The summed E-state index contributed by atoms with van der Waals surface area (Å²) in [6, 6.07) is 74.0. The highest BCUT2D eigenvalue weighted by Gasteiger charge is 2.20. The lowest BCUT2D eigenvalue weighted by atomic mass is 9.98. The van der Waals surface area contributed by atoms with E-state index in [4.69, 9.17) is 4.42 Å². The molecule has 0 unspecified atom stereocenters. The first kappa shape index (κ1) is 31.2. The molecule has 0 spiro atoms. The lowest BCUT2D eigenvalue weighted by Crippen LogP contribution is -2.11. The van der Waals surface area contributed by atoms with Crippen LogP contribution in [0.5, 0.6) is 0 Å². The Bertz CT molecular complexity index is 3150. The van der Waals surface area contributed by atoms with E-state index in [-0.39, 0.29) is 0 Å². The number of hydrogen-bond acceptors (Lipinski definition) is 2. The summed E-state index contributed by atoms with van der Waals surface area (Å²) in [6.45, 7) is 0. The number of fused-ring (bicyclic) bond motifs is 8. The second-order valence-electron chi connectivity index (χ2n) is 14.1. The zero-order valence-electron chi connectivity index (χ0n) is 29.9. The number of hydrogen-bond donors (Lipinski definition) is 0. The molecule has 0 N–H and O–H groups in total. The third kappa shape index (κ3) is 5.13. The van der Waals surface area contributed by atoms with Crippen LogP contribution in [0.2, 0.25) is 0 Å². The molecule has 0 radical (unpaired) electrons. The van der Waals surface area contributed by atoms with E-state index in [2.05, 4.69) is 216 Å². The van der Waals surface area contributed by atoms with Gasteiger partial charge in [0.1, 0.15) is 11.2 Å². The zero-order valence-corrected chi connectivity index (χ0v) is 29.9. The molecule has 0 amide bonds. The van der Waals surface area contributed by atoms with Gasteiger partial charge in [0.2, 0.25) is 0 Å². The summed E-state index contributed by atoms with van der Waals surface area (Å²) in [7, 11) is 0. The van der Waals surface area contributed by atoms with Gasteiger partial charge in [-0.05, 0) is 88.8 Å². The Labute approximate surface area is 318 Å². The number of furan rings is 1. The maximum absolute atomic E-state index is 6.52. The Hall–Kier alpha value is -7.36. The highest BCUT2D eigenvalue weighted by molar-refractivity contribution is 6.16. The molecule has 55 heavy (non-hydrogen) atoms. The third-order valence-corrected chi connectivity index (χ3v) is 11.0. The molecule has 3 heteroatoms. The minimum Gasteiger partial charge on any atom is -0.455 e. The summed E-state index contributed by atoms with van der Waals surface area (Å²) >= 11 is 0. The van der Waals surface area contributed by atoms with Crippen molar-refractivity contribution in [2.45, 2.75) is 0 Å². The van der Waals surface area contributed by atoms with Crippen LogP contribution < -0.4 is 4.90 Å². The van der Waals surface area contributed by atoms with Gasteiger partial charge in [0.25, 0.3) is 0 Å². The average Bonchev–Trinajstić information content (AvgIpc) is 3.81. The van der Waals surface area contributed by atoms with E-state index < -0.39 is 0 Å². The SMILES string of the molecule is c1ccc(-c2ccc(N(c3cccc(-n4c5ccccc5c5ccccc54)c3)c3ccccc3-c3ccc4oc5c6ccccc6ccc5c4c3)cc2)cc1. The van der Waals surface area contributed by atoms with E-state index in [1.165, 1.54) is 38.3 Å². The van der Waals surface area contributed by atoms with Crippen molar-refractivity contribution in [3.63, 3.8) is 0 Å². The van der Waals surface area contributed by atoms with Crippen molar-refractivity contribution in [2.75, 3.05) is 4.90 Å². The summed E-state index contributed by atoms with van der Waals surface area (Å²) in [5.41, 5.74) is 13.2. The van der Waals surface area contributed by atoms with Gasteiger partial charge in [-0.3, -0.25) is 0 Å². The fraction of sp³-hybridized carbons (Fsp3) is 0. The minimum absolute atomic E-state index is 0.889. The van der Waals surface area contributed by atoms with Crippen LogP contribution in [0.1, 0.15) is 0 Å². The molecule has 11 aromatic rings. The summed E-state index contributed by atoms with van der Waals surface area (Å²) in [4.78, 5) is 2.40. The number of nitrogens with zero attached hydrogens (tertiary/aromatic N) is 2. The average molecular weight is 703 g/mol. The van der Waals surface area contributed by atoms with Gasteiger partial charge in [0.05, 0.1) is 16.7 Å². The van der Waals surface area contributed by atoms with Gasteiger partial charge < -0.3 is 13.9 Å². The molecule has 0 aliphatic heterocycles. The van der Waals surface area contributed by atoms with Crippen LogP contribution in [0.15, 0.2) is 211 Å². The smallest absolute Gasteiger partial charge is 0.143 e. The van der Waals surface area contributed by atoms with Crippen molar-refractivity contribution < 1.29 is 4.42 Å². The van der Waals surface area contributed by atoms with Crippen molar-refractivity contribution in [1.29, 1.82) is 0 Å². The van der Waals surface area contributed by atoms with Gasteiger partial charge in [-0.15, -0.1) is 0 Å². The Morgan fingerprint density at radius 2 is 1.04 bits per heavy atom. The quantitative estimate of drug-likeness (QED) is 0.172. The summed E-state index contributed by atoms with van der Waals surface area (Å²) in [5.74, 6) is 0. The Morgan fingerprint density at radius 3 is 1.84 bits per heavy atom. The first-order valence-electron chi connectivity index (χ1n) is 18.8. The van der Waals surface area contributed by atoms with E-state index in [9.17, 15) is 0 Å². The number of aromatic nitrogens is 1. The topological polar surface area (TPSA) is 21.3 Å². The number of rotatable bonds is 6. The summed E-state index contributed by atoms with van der Waals surface area (Å²) in [5, 5.41) is 7.04. The Morgan fingerprint density at radius 1 is 0.382 bits per heavy atom. The third-order valence-electron chi connectivity index (χ3n) is 11.0. The van der Waals surface area contributed by atoms with Crippen molar-refractivity contribution in [3.8, 4) is 27.9 Å². The molecule has 11 rings (SSSR count). The fourth-order valence-electron chi connectivity index (χ4n) is 8.42. The fourth-order valence-corrected chi connectivity index (χ4v) is 8.42. The van der Waals surface area contributed by atoms with E-state index in [1.54, 1.807) is 0 Å². The lowest BCUT2D eigenvalue weighted by Gasteiger charge is -2.28. The Balaban J connectivity index is 1.11. The zero-order chi connectivity index (χ0) is 36.3. The maximum atomic E-state index is 6.52. The molecule has 0 saturated heterocycles. The molecular formula is C52H34N2O. The monoisotopic (exact) mass is 702 g/mol. The second-order valence-corrected chi connectivity index (χ2v) is 14.1. The van der Waals surface area contributed by atoms with Gasteiger partial charge in [-0.2, -0.15) is 0 Å². The van der Waals surface area contributed by atoms with Gasteiger partial charge in [-0.25, -0.2) is 0 Å². The largest absolute Gasteiger partial charge is 0.455 e. The second kappa shape index (κ2) is 12.6. The Kier molecular flexibility index (Phi) is 7.17. The van der Waals surface area contributed by atoms with Crippen LogP contribution in [-0.2, 0) is 0 Å². The van der Waals surface area contributed by atoms with Crippen molar-refractivity contribution in [3.05, 3.63) is 206 Å². The van der Waals surface area contributed by atoms with Crippen LogP contribution in [-0.4, -0.2) is 4.57 Å². The summed E-state index contributed by atoms with van der Waals surface area (Å²) in [6.07, 6.45) is 0. The number of anilines is 3. The molecule has 0 aliphatic rings. The normalized spacial score (nSPS) is 11.6. The van der Waals surface area contributed by atoms with E-state index in [0.29, 0.717) is 0 Å². The predicted molar refractivity (Wildman–Crippen MR) is 231 cm³/mol. The van der Waals surface area contributed by atoms with Gasteiger partial charge in [0.15, 0.2) is 0 Å². The molecule has 9 aromatic carbocycles. The van der Waals surface area contributed by atoms with Crippen LogP contribution in [0.3, 0.4) is 0 Å². The molecular weight excluding hydrogens is 669 g/mol. The highest BCUT2D eigenvalue weighted by atomic mass is 16.3. The van der Waals surface area contributed by atoms with Gasteiger partial charge in [0, 0.05) is 49.6 Å².